The molecule has 9 heavy (non-hydrogen) atoms. The van der Waals surface area contributed by atoms with Gasteiger partial charge in [-0.15, -0.1) is 0 Å². The zero-order valence-electron chi connectivity index (χ0n) is 4.64. The fourth-order valence-corrected chi connectivity index (χ4v) is 5.38. The molecule has 0 nitrogen and oxygen atoms in total. The van der Waals surface area contributed by atoms with E-state index in [0.29, 0.717) is 0 Å². The van der Waals surface area contributed by atoms with Gasteiger partial charge in [0, 0.05) is 0 Å². The van der Waals surface area contributed by atoms with Gasteiger partial charge in [0.05, 0.1) is 0 Å². The Hall–Kier alpha value is 0.979. The summed E-state index contributed by atoms with van der Waals surface area (Å²) in [6.07, 6.45) is 0. The van der Waals surface area contributed by atoms with Crippen LogP contribution in [0, 0.1) is 0 Å². The summed E-state index contributed by atoms with van der Waals surface area (Å²) in [5.74, 6) is 0. The molecule has 47 valence electrons. The van der Waals surface area contributed by atoms with Crippen LogP contribution in [-0.4, -0.2) is 15.3 Å². The van der Waals surface area contributed by atoms with E-state index in [4.69, 9.17) is 0 Å². The molecule has 0 atom stereocenters. The van der Waals surface area contributed by atoms with E-state index in [1.807, 2.05) is 6.07 Å². The average molecular weight is 356 g/mol. The Bertz CT molecular complexity index is 174. The van der Waals surface area contributed by atoms with Crippen LogP contribution in [-0.2, 0) is 0 Å². The van der Waals surface area contributed by atoms with Crippen molar-refractivity contribution in [1.82, 2.24) is 0 Å². The topological polar surface area (TPSA) is 0 Å². The molecule has 3 heteroatoms. The van der Waals surface area contributed by atoms with Gasteiger partial charge in [0.15, 0.2) is 0 Å². The Kier molecular flexibility index (Phi) is 3.58. The second kappa shape index (κ2) is 3.98. The molecular weight excluding hydrogens is 351 g/mol. The normalized spacial score (nSPS) is 10.1. The molecule has 0 aromatic heterocycles. The van der Waals surface area contributed by atoms with Gasteiger partial charge < -0.3 is 0 Å². The van der Waals surface area contributed by atoms with Gasteiger partial charge >= 0.3 is 74.6 Å². The first-order chi connectivity index (χ1) is 4.30. The summed E-state index contributed by atoms with van der Waals surface area (Å²) in [6, 6.07) is 10.5. The van der Waals surface area contributed by atoms with Crippen LogP contribution >= 0.6 is 25.4 Å². The summed E-state index contributed by atoms with van der Waals surface area (Å²) >= 11 is 5.79. The van der Waals surface area contributed by atoms with Gasteiger partial charge in [-0.1, -0.05) is 0 Å². The van der Waals surface area contributed by atoms with E-state index in [9.17, 15) is 0 Å². The summed E-state index contributed by atoms with van der Waals surface area (Å²) in [4.78, 5) is 0. The third kappa shape index (κ3) is 2.60. The molecule has 0 bridgehead atoms. The monoisotopic (exact) mass is 355 g/mol. The first kappa shape index (κ1) is 8.08. The molecule has 0 aliphatic carbocycles. The van der Waals surface area contributed by atoms with Gasteiger partial charge in [-0.25, -0.2) is 0 Å². The number of halogens is 2. The maximum atomic E-state index is 3.60. The van der Waals surface area contributed by atoms with Crippen LogP contribution in [0.15, 0.2) is 30.3 Å². The quantitative estimate of drug-likeness (QED) is 0.678. The number of hydrogen-bond donors (Lipinski definition) is 0. The molecule has 0 heterocycles. The van der Waals surface area contributed by atoms with Crippen LogP contribution in [0.25, 0.3) is 0 Å². The Balaban J connectivity index is 2.85. The van der Waals surface area contributed by atoms with E-state index < -0.39 is 15.3 Å². The van der Waals surface area contributed by atoms with Crippen molar-refractivity contribution in [3.63, 3.8) is 0 Å². The van der Waals surface area contributed by atoms with Gasteiger partial charge in [-0.05, 0) is 0 Å². The molecule has 0 fully saturated rings. The molecular formula is C6H5Br2Sn. The van der Waals surface area contributed by atoms with Crippen LogP contribution in [0.3, 0.4) is 0 Å². The minimum atomic E-state index is -1.40. The zero-order chi connectivity index (χ0) is 6.69. The molecule has 0 aliphatic rings. The van der Waals surface area contributed by atoms with Gasteiger partial charge in [-0.3, -0.25) is 0 Å². The van der Waals surface area contributed by atoms with Crippen LogP contribution in [0.2, 0.25) is 0 Å². The molecule has 0 aliphatic heterocycles. The zero-order valence-corrected chi connectivity index (χ0v) is 10.7. The fraction of sp³-hybridized carbons (Fsp3) is 0. The van der Waals surface area contributed by atoms with Crippen molar-refractivity contribution in [3.8, 4) is 0 Å². The Morgan fingerprint density at radius 3 is 1.89 bits per heavy atom. The number of rotatable bonds is 1. The van der Waals surface area contributed by atoms with Gasteiger partial charge in [-0.2, -0.15) is 0 Å². The molecule has 1 rings (SSSR count). The first-order valence-corrected chi connectivity index (χ1v) is 16.8. The average Bonchev–Trinajstić information content (AvgIpc) is 1.90. The van der Waals surface area contributed by atoms with E-state index in [0.717, 1.165) is 0 Å². The Labute approximate surface area is 73.9 Å². The van der Waals surface area contributed by atoms with Crippen LogP contribution in [0.5, 0.6) is 0 Å². The molecule has 0 N–H and O–H groups in total. The summed E-state index contributed by atoms with van der Waals surface area (Å²) in [7, 11) is 0. The van der Waals surface area contributed by atoms with E-state index in [1.54, 1.807) is 0 Å². The summed E-state index contributed by atoms with van der Waals surface area (Å²) in [5.41, 5.74) is 0. The maximum absolute atomic E-state index is 3.60. The van der Waals surface area contributed by atoms with Gasteiger partial charge in [0.25, 0.3) is 0 Å². The van der Waals surface area contributed by atoms with Crippen molar-refractivity contribution in [2.45, 2.75) is 0 Å². The molecule has 1 aromatic rings. The summed E-state index contributed by atoms with van der Waals surface area (Å²) in [5, 5.41) is 0. The van der Waals surface area contributed by atoms with Crippen LogP contribution < -0.4 is 3.58 Å². The van der Waals surface area contributed by atoms with Crippen molar-refractivity contribution >= 4 is 44.3 Å². The molecule has 0 saturated heterocycles. The second-order valence-corrected chi connectivity index (χ2v) is 22.5. The van der Waals surface area contributed by atoms with Crippen molar-refractivity contribution in [2.24, 2.45) is 0 Å². The summed E-state index contributed by atoms with van der Waals surface area (Å²) in [6.45, 7) is 0. The standard InChI is InChI=1S/C6H5.2BrH.Sn/c1-2-4-6-5-3-1;;;/h1-5H;2*1H;/q;;;+2/p-2. The van der Waals surface area contributed by atoms with Crippen molar-refractivity contribution in [3.05, 3.63) is 30.3 Å². The Morgan fingerprint density at radius 1 is 1.00 bits per heavy atom. The molecule has 0 saturated carbocycles. The summed E-state index contributed by atoms with van der Waals surface area (Å²) < 4.78 is 1.44. The molecule has 0 amide bonds. The first-order valence-electron chi connectivity index (χ1n) is 2.54. The predicted molar refractivity (Wildman–Crippen MR) is 49.7 cm³/mol. The second-order valence-electron chi connectivity index (χ2n) is 1.63. The molecule has 0 unspecified atom stereocenters. The molecule has 1 radical (unpaired) electrons. The predicted octanol–water partition coefficient (Wildman–Crippen LogP) is 2.17. The number of hydrogen-bond acceptors (Lipinski definition) is 0. The van der Waals surface area contributed by atoms with E-state index in [1.165, 1.54) is 3.58 Å². The van der Waals surface area contributed by atoms with Crippen molar-refractivity contribution < 1.29 is 0 Å². The fourth-order valence-electron chi connectivity index (χ4n) is 0.564. The van der Waals surface area contributed by atoms with Crippen LogP contribution in [0.4, 0.5) is 0 Å². The van der Waals surface area contributed by atoms with E-state index >= 15 is 0 Å². The van der Waals surface area contributed by atoms with Gasteiger partial charge in [0.2, 0.25) is 0 Å². The SMILES string of the molecule is [Br][Sn]([Br])[c]1ccccc1. The van der Waals surface area contributed by atoms with Gasteiger partial charge in [0.1, 0.15) is 0 Å². The van der Waals surface area contributed by atoms with Crippen molar-refractivity contribution in [1.29, 1.82) is 0 Å². The molecule has 0 spiro atoms. The minimum absolute atomic E-state index is 1.40. The third-order valence-electron chi connectivity index (χ3n) is 0.992. The van der Waals surface area contributed by atoms with E-state index in [-0.39, 0.29) is 0 Å². The number of benzene rings is 1. The Morgan fingerprint density at radius 2 is 1.56 bits per heavy atom. The molecule has 1 aromatic carbocycles. The van der Waals surface area contributed by atoms with Crippen LogP contribution in [0.1, 0.15) is 0 Å². The van der Waals surface area contributed by atoms with E-state index in [2.05, 4.69) is 49.7 Å². The third-order valence-corrected chi connectivity index (χ3v) is 9.33. The van der Waals surface area contributed by atoms with Crippen molar-refractivity contribution in [2.75, 3.05) is 0 Å².